The Morgan fingerprint density at radius 2 is 1.67 bits per heavy atom. The van der Waals surface area contributed by atoms with Crippen LogP contribution in [0.1, 0.15) is 29.9 Å². The van der Waals surface area contributed by atoms with E-state index < -0.39 is 0 Å². The number of fused-ring (bicyclic) bond motifs is 3. The van der Waals surface area contributed by atoms with Crippen molar-refractivity contribution < 1.29 is 14.6 Å². The molecule has 2 aliphatic carbocycles. The van der Waals surface area contributed by atoms with Crippen LogP contribution in [0, 0.1) is 5.92 Å². The summed E-state index contributed by atoms with van der Waals surface area (Å²) in [4.78, 5) is 12.1. The number of amides is 1. The maximum Gasteiger partial charge on any atom is 0.407 e. The van der Waals surface area contributed by atoms with Gasteiger partial charge in [0.15, 0.2) is 0 Å². The number of hydrogen-bond acceptors (Lipinski definition) is 3. The van der Waals surface area contributed by atoms with Gasteiger partial charge in [0, 0.05) is 24.5 Å². The van der Waals surface area contributed by atoms with Crippen LogP contribution in [0.5, 0.6) is 0 Å². The molecule has 0 saturated heterocycles. The number of nitrogens with one attached hydrogen (secondary N) is 1. The summed E-state index contributed by atoms with van der Waals surface area (Å²) in [5.74, 6) is 0.253. The number of carbonyl (C=O) groups excluding carboxylic acids is 1. The van der Waals surface area contributed by atoms with Crippen molar-refractivity contribution in [2.24, 2.45) is 5.92 Å². The summed E-state index contributed by atoms with van der Waals surface area (Å²) in [5.41, 5.74) is 4.87. The fourth-order valence-corrected chi connectivity index (χ4v) is 3.77. The van der Waals surface area contributed by atoms with Gasteiger partial charge in [-0.1, -0.05) is 48.5 Å². The molecule has 0 aliphatic heterocycles. The first kappa shape index (κ1) is 15.2. The van der Waals surface area contributed by atoms with E-state index in [0.29, 0.717) is 6.61 Å². The minimum Gasteiger partial charge on any atom is -0.449 e. The zero-order valence-electron chi connectivity index (χ0n) is 13.4. The molecule has 4 nitrogen and oxygen atoms in total. The molecular formula is C20H21NO3. The number of rotatable bonds is 4. The molecule has 0 unspecified atom stereocenters. The average Bonchev–Trinajstić information content (AvgIpc) is 2.91. The lowest BCUT2D eigenvalue weighted by Crippen LogP contribution is -2.48. The van der Waals surface area contributed by atoms with E-state index in [1.807, 2.05) is 24.3 Å². The number of carbonyl (C=O) groups is 1. The molecule has 124 valence electrons. The lowest BCUT2D eigenvalue weighted by Gasteiger charge is -2.35. The standard InChI is InChI=1S/C20H21NO3/c22-11-13-9-10-19(13)21-20(23)24-12-18-16-7-3-1-5-14(16)15-6-2-4-8-17(15)18/h1-8,13,18-19,22H,9-12H2,(H,21,23)/t13-,19-/m0/s1. The molecule has 1 saturated carbocycles. The summed E-state index contributed by atoms with van der Waals surface area (Å²) < 4.78 is 5.51. The molecular weight excluding hydrogens is 302 g/mol. The highest BCUT2D eigenvalue weighted by molar-refractivity contribution is 5.79. The van der Waals surface area contributed by atoms with E-state index in [9.17, 15) is 9.90 Å². The molecule has 4 heteroatoms. The van der Waals surface area contributed by atoms with Crippen LogP contribution in [0.2, 0.25) is 0 Å². The minimum atomic E-state index is -0.389. The van der Waals surface area contributed by atoms with Crippen molar-refractivity contribution in [2.75, 3.05) is 13.2 Å². The molecule has 0 radical (unpaired) electrons. The number of aliphatic hydroxyl groups is 1. The van der Waals surface area contributed by atoms with Gasteiger partial charge in [0.1, 0.15) is 6.61 Å². The largest absolute Gasteiger partial charge is 0.449 e. The zero-order chi connectivity index (χ0) is 16.5. The second kappa shape index (κ2) is 6.29. The quantitative estimate of drug-likeness (QED) is 0.907. The Morgan fingerprint density at radius 3 is 2.21 bits per heavy atom. The summed E-state index contributed by atoms with van der Waals surface area (Å²) in [5, 5.41) is 12.1. The number of hydrogen-bond donors (Lipinski definition) is 2. The van der Waals surface area contributed by atoms with Crippen molar-refractivity contribution in [3.63, 3.8) is 0 Å². The lowest BCUT2D eigenvalue weighted by atomic mass is 9.80. The number of aliphatic hydroxyl groups excluding tert-OH is 1. The molecule has 4 rings (SSSR count). The second-order valence-corrected chi connectivity index (χ2v) is 6.60. The first-order valence-corrected chi connectivity index (χ1v) is 8.50. The predicted octanol–water partition coefficient (Wildman–Crippen LogP) is 3.30. The monoisotopic (exact) mass is 323 g/mol. The maximum atomic E-state index is 12.1. The Kier molecular flexibility index (Phi) is 3.98. The predicted molar refractivity (Wildman–Crippen MR) is 91.8 cm³/mol. The normalized spacial score (nSPS) is 21.5. The highest BCUT2D eigenvalue weighted by Gasteiger charge is 2.33. The number of alkyl carbamates (subject to hydrolysis) is 1. The van der Waals surface area contributed by atoms with Gasteiger partial charge in [0.25, 0.3) is 0 Å². The smallest absolute Gasteiger partial charge is 0.407 e. The Bertz CT molecular complexity index is 711. The summed E-state index contributed by atoms with van der Waals surface area (Å²) in [6, 6.07) is 16.6. The van der Waals surface area contributed by atoms with E-state index in [1.165, 1.54) is 22.3 Å². The van der Waals surface area contributed by atoms with Crippen molar-refractivity contribution in [3.8, 4) is 11.1 Å². The van der Waals surface area contributed by atoms with Gasteiger partial charge in [0.05, 0.1) is 0 Å². The molecule has 0 heterocycles. The van der Waals surface area contributed by atoms with Gasteiger partial charge in [-0.3, -0.25) is 0 Å². The Labute approximate surface area is 141 Å². The Morgan fingerprint density at radius 1 is 1.04 bits per heavy atom. The van der Waals surface area contributed by atoms with E-state index in [0.717, 1.165) is 12.8 Å². The van der Waals surface area contributed by atoms with Gasteiger partial charge in [-0.15, -0.1) is 0 Å². The van der Waals surface area contributed by atoms with Crippen LogP contribution in [-0.2, 0) is 4.74 Å². The van der Waals surface area contributed by atoms with E-state index in [4.69, 9.17) is 4.74 Å². The Balaban J connectivity index is 1.46. The van der Waals surface area contributed by atoms with E-state index >= 15 is 0 Å². The molecule has 1 amide bonds. The van der Waals surface area contributed by atoms with Crippen LogP contribution in [0.15, 0.2) is 48.5 Å². The topological polar surface area (TPSA) is 58.6 Å². The van der Waals surface area contributed by atoms with Gasteiger partial charge in [-0.05, 0) is 35.1 Å². The Hall–Kier alpha value is -2.33. The number of benzene rings is 2. The van der Waals surface area contributed by atoms with Crippen molar-refractivity contribution in [1.29, 1.82) is 0 Å². The van der Waals surface area contributed by atoms with Crippen molar-refractivity contribution in [1.82, 2.24) is 5.32 Å². The van der Waals surface area contributed by atoms with Gasteiger partial charge in [-0.25, -0.2) is 4.79 Å². The zero-order valence-corrected chi connectivity index (χ0v) is 13.4. The average molecular weight is 323 g/mol. The highest BCUT2D eigenvalue weighted by atomic mass is 16.5. The second-order valence-electron chi connectivity index (χ2n) is 6.60. The van der Waals surface area contributed by atoms with Gasteiger partial charge in [0.2, 0.25) is 0 Å². The summed E-state index contributed by atoms with van der Waals surface area (Å²) in [6.45, 7) is 0.449. The van der Waals surface area contributed by atoms with Crippen molar-refractivity contribution >= 4 is 6.09 Å². The van der Waals surface area contributed by atoms with Crippen molar-refractivity contribution in [3.05, 3.63) is 59.7 Å². The van der Waals surface area contributed by atoms with Gasteiger partial charge in [-0.2, -0.15) is 0 Å². The third-order valence-corrected chi connectivity index (χ3v) is 5.30. The minimum absolute atomic E-state index is 0.0469. The van der Waals surface area contributed by atoms with Crippen LogP contribution in [0.25, 0.3) is 11.1 Å². The maximum absolute atomic E-state index is 12.1. The molecule has 2 aromatic carbocycles. The molecule has 2 atom stereocenters. The molecule has 2 aromatic rings. The first-order chi connectivity index (χ1) is 11.8. The van der Waals surface area contributed by atoms with E-state index in [2.05, 4.69) is 29.6 Å². The third-order valence-electron chi connectivity index (χ3n) is 5.30. The molecule has 0 aromatic heterocycles. The van der Waals surface area contributed by atoms with Crippen LogP contribution in [-0.4, -0.2) is 30.5 Å². The summed E-state index contributed by atoms with van der Waals surface area (Å²) in [7, 11) is 0. The van der Waals surface area contributed by atoms with Crippen LogP contribution in [0.3, 0.4) is 0 Å². The highest BCUT2D eigenvalue weighted by Crippen LogP contribution is 2.44. The SMILES string of the molecule is O=C(N[C@H]1CC[C@H]1CO)OCC1c2ccccc2-c2ccccc21. The molecule has 0 bridgehead atoms. The summed E-state index contributed by atoms with van der Waals surface area (Å²) in [6.07, 6.45) is 1.49. The fraction of sp³-hybridized carbons (Fsp3) is 0.350. The molecule has 1 fully saturated rings. The summed E-state index contributed by atoms with van der Waals surface area (Å²) >= 11 is 0. The van der Waals surface area contributed by atoms with Crippen LogP contribution >= 0.6 is 0 Å². The lowest BCUT2D eigenvalue weighted by molar-refractivity contribution is 0.0947. The van der Waals surface area contributed by atoms with E-state index in [1.54, 1.807) is 0 Å². The van der Waals surface area contributed by atoms with E-state index in [-0.39, 0.29) is 30.6 Å². The molecule has 24 heavy (non-hydrogen) atoms. The number of ether oxygens (including phenoxy) is 1. The van der Waals surface area contributed by atoms with Crippen molar-refractivity contribution in [2.45, 2.75) is 24.8 Å². The molecule has 2 aliphatic rings. The molecule has 2 N–H and O–H groups in total. The third kappa shape index (κ3) is 2.57. The molecule has 0 spiro atoms. The van der Waals surface area contributed by atoms with Crippen LogP contribution < -0.4 is 5.32 Å². The van der Waals surface area contributed by atoms with Crippen LogP contribution in [0.4, 0.5) is 4.79 Å². The fourth-order valence-electron chi connectivity index (χ4n) is 3.77. The van der Waals surface area contributed by atoms with Gasteiger partial charge < -0.3 is 15.2 Å². The first-order valence-electron chi connectivity index (χ1n) is 8.50. The van der Waals surface area contributed by atoms with Gasteiger partial charge >= 0.3 is 6.09 Å².